The van der Waals surface area contributed by atoms with Crippen molar-refractivity contribution in [3.8, 4) is 0 Å². The first-order valence-corrected chi connectivity index (χ1v) is 8.42. The standard InChI is InChI=1S/C16H22ClN3O3/c17-11-4-5-15(18-8-11)19-16(22)9-20-6-7-23-10-13(20)12-2-1-3-14(12)21/h4-5,8,12-14,21H,1-3,6-7,9-10H2,(H,18,19,22). The minimum Gasteiger partial charge on any atom is -0.393 e. The van der Waals surface area contributed by atoms with E-state index in [4.69, 9.17) is 16.3 Å². The van der Waals surface area contributed by atoms with Crippen molar-refractivity contribution in [3.05, 3.63) is 23.4 Å². The molecule has 3 rings (SSSR count). The number of carbonyl (C=O) groups excluding carboxylic acids is 1. The zero-order chi connectivity index (χ0) is 16.2. The van der Waals surface area contributed by atoms with E-state index in [9.17, 15) is 9.90 Å². The zero-order valence-corrected chi connectivity index (χ0v) is 13.7. The van der Waals surface area contributed by atoms with Gasteiger partial charge < -0.3 is 15.2 Å². The smallest absolute Gasteiger partial charge is 0.239 e. The number of carbonyl (C=O) groups is 1. The lowest BCUT2D eigenvalue weighted by Crippen LogP contribution is -2.53. The highest BCUT2D eigenvalue weighted by molar-refractivity contribution is 6.30. The van der Waals surface area contributed by atoms with Crippen LogP contribution in [0.5, 0.6) is 0 Å². The summed E-state index contributed by atoms with van der Waals surface area (Å²) in [5.41, 5.74) is 0. The van der Waals surface area contributed by atoms with E-state index in [0.29, 0.717) is 30.6 Å². The van der Waals surface area contributed by atoms with Crippen LogP contribution in [0.3, 0.4) is 0 Å². The Bertz CT molecular complexity index is 540. The second kappa shape index (κ2) is 7.57. The van der Waals surface area contributed by atoms with Gasteiger partial charge in [-0.25, -0.2) is 4.98 Å². The molecular weight excluding hydrogens is 318 g/mol. The summed E-state index contributed by atoms with van der Waals surface area (Å²) < 4.78 is 5.57. The van der Waals surface area contributed by atoms with Gasteiger partial charge in [-0.15, -0.1) is 0 Å². The van der Waals surface area contributed by atoms with Crippen molar-refractivity contribution in [2.45, 2.75) is 31.4 Å². The van der Waals surface area contributed by atoms with E-state index in [-0.39, 0.29) is 30.5 Å². The molecule has 3 atom stereocenters. The van der Waals surface area contributed by atoms with Crippen molar-refractivity contribution in [1.29, 1.82) is 0 Å². The van der Waals surface area contributed by atoms with Gasteiger partial charge in [0, 0.05) is 24.7 Å². The van der Waals surface area contributed by atoms with Crippen LogP contribution in [-0.4, -0.2) is 59.3 Å². The third-order valence-corrected chi connectivity index (χ3v) is 4.87. The molecule has 1 aromatic rings. The molecule has 0 aromatic carbocycles. The maximum atomic E-state index is 12.3. The summed E-state index contributed by atoms with van der Waals surface area (Å²) in [6.45, 7) is 2.18. The van der Waals surface area contributed by atoms with E-state index in [0.717, 1.165) is 19.3 Å². The summed E-state index contributed by atoms with van der Waals surface area (Å²) >= 11 is 5.79. The molecule has 1 saturated heterocycles. The SMILES string of the molecule is O=C(CN1CCOCC1C1CCCC1O)Nc1ccc(Cl)cn1. The fourth-order valence-corrected chi connectivity index (χ4v) is 3.59. The van der Waals surface area contributed by atoms with Crippen molar-refractivity contribution >= 4 is 23.3 Å². The predicted molar refractivity (Wildman–Crippen MR) is 87.4 cm³/mol. The monoisotopic (exact) mass is 339 g/mol. The largest absolute Gasteiger partial charge is 0.393 e. The Hall–Kier alpha value is -1.21. The van der Waals surface area contributed by atoms with Crippen LogP contribution >= 0.6 is 11.6 Å². The van der Waals surface area contributed by atoms with Crippen LogP contribution in [0, 0.1) is 5.92 Å². The fourth-order valence-electron chi connectivity index (χ4n) is 3.48. The van der Waals surface area contributed by atoms with E-state index in [2.05, 4.69) is 15.2 Å². The lowest BCUT2D eigenvalue weighted by Gasteiger charge is -2.39. The average molecular weight is 340 g/mol. The van der Waals surface area contributed by atoms with E-state index >= 15 is 0 Å². The topological polar surface area (TPSA) is 74.7 Å². The average Bonchev–Trinajstić information content (AvgIpc) is 2.96. The molecule has 7 heteroatoms. The third kappa shape index (κ3) is 4.20. The number of aliphatic hydroxyl groups excluding tert-OH is 1. The number of nitrogens with one attached hydrogen (secondary N) is 1. The number of rotatable bonds is 4. The molecule has 3 unspecified atom stereocenters. The molecule has 1 amide bonds. The number of halogens is 1. The molecule has 2 N–H and O–H groups in total. The van der Waals surface area contributed by atoms with Gasteiger partial charge in [0.05, 0.1) is 30.9 Å². The van der Waals surface area contributed by atoms with Gasteiger partial charge in [-0.1, -0.05) is 18.0 Å². The Morgan fingerprint density at radius 1 is 1.48 bits per heavy atom. The Morgan fingerprint density at radius 2 is 2.35 bits per heavy atom. The van der Waals surface area contributed by atoms with Crippen LogP contribution in [0.1, 0.15) is 19.3 Å². The van der Waals surface area contributed by atoms with Crippen LogP contribution < -0.4 is 5.32 Å². The number of nitrogens with zero attached hydrogens (tertiary/aromatic N) is 2. The number of pyridine rings is 1. The van der Waals surface area contributed by atoms with Crippen LogP contribution in [-0.2, 0) is 9.53 Å². The van der Waals surface area contributed by atoms with Gasteiger partial charge in [-0.3, -0.25) is 9.69 Å². The van der Waals surface area contributed by atoms with Gasteiger partial charge in [-0.05, 0) is 25.0 Å². The molecule has 1 aliphatic heterocycles. The number of aromatic nitrogens is 1. The molecule has 6 nitrogen and oxygen atoms in total. The quantitative estimate of drug-likeness (QED) is 0.870. The molecule has 1 saturated carbocycles. The summed E-state index contributed by atoms with van der Waals surface area (Å²) in [7, 11) is 0. The van der Waals surface area contributed by atoms with E-state index in [1.165, 1.54) is 6.20 Å². The predicted octanol–water partition coefficient (Wildman–Crippen LogP) is 1.54. The van der Waals surface area contributed by atoms with Crippen LogP contribution in [0.4, 0.5) is 5.82 Å². The number of hydrogen-bond acceptors (Lipinski definition) is 5. The van der Waals surface area contributed by atoms with Gasteiger partial charge in [0.2, 0.25) is 5.91 Å². The second-order valence-electron chi connectivity index (χ2n) is 6.18. The number of hydrogen-bond donors (Lipinski definition) is 2. The molecule has 1 aliphatic carbocycles. The van der Waals surface area contributed by atoms with Gasteiger partial charge >= 0.3 is 0 Å². The first-order valence-electron chi connectivity index (χ1n) is 8.05. The summed E-state index contributed by atoms with van der Waals surface area (Å²) in [6, 6.07) is 3.47. The molecule has 23 heavy (non-hydrogen) atoms. The van der Waals surface area contributed by atoms with Crippen LogP contribution in [0.15, 0.2) is 18.3 Å². The zero-order valence-electron chi connectivity index (χ0n) is 12.9. The molecule has 2 heterocycles. The highest BCUT2D eigenvalue weighted by Crippen LogP contribution is 2.32. The summed E-state index contributed by atoms with van der Waals surface area (Å²) in [5, 5.41) is 13.5. The number of amides is 1. The number of anilines is 1. The lowest BCUT2D eigenvalue weighted by atomic mass is 9.94. The number of aliphatic hydroxyl groups is 1. The Labute approximate surface area is 140 Å². The van der Waals surface area contributed by atoms with E-state index < -0.39 is 0 Å². The molecule has 0 radical (unpaired) electrons. The molecule has 2 aliphatic rings. The number of morpholine rings is 1. The first kappa shape index (κ1) is 16.6. The summed E-state index contributed by atoms with van der Waals surface area (Å²) in [6.07, 6.45) is 4.09. The van der Waals surface area contributed by atoms with Crippen molar-refractivity contribution in [3.63, 3.8) is 0 Å². The van der Waals surface area contributed by atoms with Crippen molar-refractivity contribution in [1.82, 2.24) is 9.88 Å². The normalized spacial score (nSPS) is 28.7. The van der Waals surface area contributed by atoms with Crippen LogP contribution in [0.2, 0.25) is 5.02 Å². The fraction of sp³-hybridized carbons (Fsp3) is 0.625. The van der Waals surface area contributed by atoms with Crippen LogP contribution in [0.25, 0.3) is 0 Å². The Morgan fingerprint density at radius 3 is 3.04 bits per heavy atom. The lowest BCUT2D eigenvalue weighted by molar-refractivity contribution is -0.121. The molecule has 0 spiro atoms. The van der Waals surface area contributed by atoms with Crippen molar-refractivity contribution in [2.24, 2.45) is 5.92 Å². The maximum Gasteiger partial charge on any atom is 0.239 e. The first-order chi connectivity index (χ1) is 11.1. The van der Waals surface area contributed by atoms with E-state index in [1.54, 1.807) is 12.1 Å². The molecule has 2 fully saturated rings. The van der Waals surface area contributed by atoms with Crippen molar-refractivity contribution in [2.75, 3.05) is 31.6 Å². The molecule has 126 valence electrons. The van der Waals surface area contributed by atoms with Gasteiger partial charge in [0.25, 0.3) is 0 Å². The Kier molecular flexibility index (Phi) is 5.48. The minimum absolute atomic E-state index is 0.102. The van der Waals surface area contributed by atoms with Gasteiger partial charge in [-0.2, -0.15) is 0 Å². The van der Waals surface area contributed by atoms with Crippen molar-refractivity contribution < 1.29 is 14.6 Å². The molecule has 0 bridgehead atoms. The summed E-state index contributed by atoms with van der Waals surface area (Å²) in [4.78, 5) is 18.5. The molecular formula is C16H22ClN3O3. The Balaban J connectivity index is 1.60. The van der Waals surface area contributed by atoms with Gasteiger partial charge in [0.1, 0.15) is 5.82 Å². The minimum atomic E-state index is -0.287. The maximum absolute atomic E-state index is 12.3. The number of ether oxygens (including phenoxy) is 1. The van der Waals surface area contributed by atoms with Gasteiger partial charge in [0.15, 0.2) is 0 Å². The molecule has 1 aromatic heterocycles. The highest BCUT2D eigenvalue weighted by Gasteiger charge is 2.38. The second-order valence-corrected chi connectivity index (χ2v) is 6.62. The highest BCUT2D eigenvalue weighted by atomic mass is 35.5. The third-order valence-electron chi connectivity index (χ3n) is 4.65. The van der Waals surface area contributed by atoms with E-state index in [1.807, 2.05) is 0 Å². The summed E-state index contributed by atoms with van der Waals surface area (Å²) in [5.74, 6) is 0.570.